The number of hydrazine groups is 1. The van der Waals surface area contributed by atoms with Crippen LogP contribution in [0.1, 0.15) is 59.4 Å². The summed E-state index contributed by atoms with van der Waals surface area (Å²) in [7, 11) is 0. The third-order valence-corrected chi connectivity index (χ3v) is 5.37. The zero-order valence-electron chi connectivity index (χ0n) is 19.2. The zero-order valence-corrected chi connectivity index (χ0v) is 19.2. The normalized spacial score (nSPS) is 18.3. The Bertz CT molecular complexity index is 777. The van der Waals surface area contributed by atoms with Crippen LogP contribution in [0.2, 0.25) is 0 Å². The van der Waals surface area contributed by atoms with Gasteiger partial charge in [0.25, 0.3) is 0 Å². The molecule has 2 atom stereocenters. The molecule has 8 heteroatoms. The molecule has 0 radical (unpaired) electrons. The molecule has 8 nitrogen and oxygen atoms in total. The smallest absolute Gasteiger partial charge is 0.335 e. The lowest BCUT2D eigenvalue weighted by Gasteiger charge is -2.39. The molecule has 1 aromatic carbocycles. The molecule has 2 N–H and O–H groups in total. The molecule has 0 spiro atoms. The van der Waals surface area contributed by atoms with Gasteiger partial charge in [-0.05, 0) is 65.9 Å². The van der Waals surface area contributed by atoms with Gasteiger partial charge in [-0.15, -0.1) is 0 Å². The van der Waals surface area contributed by atoms with Crippen LogP contribution in [0.4, 0.5) is 4.79 Å². The van der Waals surface area contributed by atoms with Gasteiger partial charge in [0.2, 0.25) is 0 Å². The monoisotopic (exact) mass is 433 g/mol. The van der Waals surface area contributed by atoms with Crippen LogP contribution < -0.4 is 5.84 Å². The first-order chi connectivity index (χ1) is 14.5. The number of carbonyl (C=O) groups is 3. The van der Waals surface area contributed by atoms with Crippen molar-refractivity contribution < 1.29 is 23.9 Å². The highest BCUT2D eigenvalue weighted by atomic mass is 16.6. The summed E-state index contributed by atoms with van der Waals surface area (Å²) in [6.45, 7) is 9.19. The first-order valence-electron chi connectivity index (χ1n) is 10.8. The number of esters is 2. The van der Waals surface area contributed by atoms with Crippen LogP contribution in [0, 0.1) is 0 Å². The van der Waals surface area contributed by atoms with E-state index in [4.69, 9.17) is 15.3 Å². The van der Waals surface area contributed by atoms with Crippen molar-refractivity contribution >= 4 is 18.0 Å². The second kappa shape index (κ2) is 10.1. The maximum atomic E-state index is 13.3. The number of likely N-dealkylation sites (tertiary alicyclic amines) is 1. The molecule has 0 bridgehead atoms. The summed E-state index contributed by atoms with van der Waals surface area (Å²) in [6, 6.07) is 8.34. The second-order valence-electron chi connectivity index (χ2n) is 9.02. The number of nitrogens with two attached hydrogens (primary N) is 1. The Labute approximate surface area is 184 Å². The third-order valence-electron chi connectivity index (χ3n) is 5.37. The molecule has 1 saturated heterocycles. The van der Waals surface area contributed by atoms with E-state index in [0.29, 0.717) is 25.8 Å². The Balaban J connectivity index is 2.21. The highest BCUT2D eigenvalue weighted by Gasteiger charge is 2.46. The van der Waals surface area contributed by atoms with Crippen molar-refractivity contribution in [3.8, 4) is 0 Å². The van der Waals surface area contributed by atoms with E-state index < -0.39 is 35.2 Å². The van der Waals surface area contributed by atoms with Crippen LogP contribution in [0.25, 0.3) is 0 Å². The summed E-state index contributed by atoms with van der Waals surface area (Å²) in [5, 5.41) is 0.927. The van der Waals surface area contributed by atoms with E-state index in [1.165, 1.54) is 4.90 Å². The van der Waals surface area contributed by atoms with Crippen molar-refractivity contribution in [1.29, 1.82) is 0 Å². The topological polar surface area (TPSA) is 102 Å². The average molecular weight is 434 g/mol. The lowest BCUT2D eigenvalue weighted by atomic mass is 9.92. The number of ether oxygens (including phenoxy) is 2. The van der Waals surface area contributed by atoms with Crippen molar-refractivity contribution in [3.05, 3.63) is 35.9 Å². The van der Waals surface area contributed by atoms with Gasteiger partial charge in [-0.25, -0.2) is 25.2 Å². The van der Waals surface area contributed by atoms with Gasteiger partial charge in [0.1, 0.15) is 11.6 Å². The molecule has 2 amide bonds. The Morgan fingerprint density at radius 1 is 1.16 bits per heavy atom. The fraction of sp³-hybridized carbons (Fsp3) is 0.609. The van der Waals surface area contributed by atoms with Gasteiger partial charge < -0.3 is 14.4 Å². The Morgan fingerprint density at radius 3 is 2.39 bits per heavy atom. The highest BCUT2D eigenvalue weighted by molar-refractivity contribution is 5.89. The molecule has 0 aromatic heterocycles. The number of hydrogen-bond donors (Lipinski definition) is 1. The number of amides is 2. The predicted molar refractivity (Wildman–Crippen MR) is 117 cm³/mol. The molecule has 0 saturated carbocycles. The first kappa shape index (κ1) is 24.7. The van der Waals surface area contributed by atoms with Gasteiger partial charge in [-0.3, -0.25) is 0 Å². The summed E-state index contributed by atoms with van der Waals surface area (Å²) in [5.74, 6) is 5.21. The van der Waals surface area contributed by atoms with E-state index in [0.717, 1.165) is 10.6 Å². The van der Waals surface area contributed by atoms with Crippen molar-refractivity contribution in [2.75, 3.05) is 13.2 Å². The van der Waals surface area contributed by atoms with Crippen molar-refractivity contribution in [2.45, 2.75) is 77.5 Å². The summed E-state index contributed by atoms with van der Waals surface area (Å²) < 4.78 is 10.7. The molecular formula is C23H35N3O5. The van der Waals surface area contributed by atoms with E-state index in [9.17, 15) is 14.4 Å². The molecule has 1 fully saturated rings. The van der Waals surface area contributed by atoms with Crippen LogP contribution in [0.3, 0.4) is 0 Å². The van der Waals surface area contributed by atoms with Gasteiger partial charge in [0.05, 0.1) is 6.61 Å². The van der Waals surface area contributed by atoms with Gasteiger partial charge in [0, 0.05) is 6.54 Å². The minimum Gasteiger partial charge on any atom is -0.464 e. The van der Waals surface area contributed by atoms with Crippen LogP contribution in [-0.2, 0) is 25.5 Å². The van der Waals surface area contributed by atoms with E-state index in [1.54, 1.807) is 34.6 Å². The first-order valence-corrected chi connectivity index (χ1v) is 10.8. The van der Waals surface area contributed by atoms with Crippen LogP contribution in [-0.4, -0.2) is 58.2 Å². The fourth-order valence-electron chi connectivity index (χ4n) is 3.60. The van der Waals surface area contributed by atoms with E-state index >= 15 is 0 Å². The average Bonchev–Trinajstić information content (AvgIpc) is 3.20. The van der Waals surface area contributed by atoms with Crippen LogP contribution in [0.15, 0.2) is 30.3 Å². The summed E-state index contributed by atoms with van der Waals surface area (Å²) in [6.07, 6.45) is 1.97. The summed E-state index contributed by atoms with van der Waals surface area (Å²) in [5.41, 5.74) is -1.03. The van der Waals surface area contributed by atoms with Crippen molar-refractivity contribution in [2.24, 2.45) is 5.84 Å². The standard InChI is InChI=1S/C23H35N3O5/c1-6-30-20(28)23(5,15-14-17-11-8-7-9-12-17)26(24)21(29)25-16-10-13-18(25)19(27)31-22(2,3)4/h7-9,11-12,18H,6,10,13-16,24H2,1-5H3. The van der Waals surface area contributed by atoms with Crippen molar-refractivity contribution in [1.82, 2.24) is 9.91 Å². The number of hydrogen-bond acceptors (Lipinski definition) is 6. The molecule has 1 aliphatic heterocycles. The molecule has 0 aliphatic carbocycles. The number of aryl methyl sites for hydroxylation is 1. The molecular weight excluding hydrogens is 398 g/mol. The maximum absolute atomic E-state index is 13.3. The Kier molecular flexibility index (Phi) is 8.06. The Hall–Kier alpha value is -2.61. The second-order valence-corrected chi connectivity index (χ2v) is 9.02. The van der Waals surface area contributed by atoms with Crippen molar-refractivity contribution in [3.63, 3.8) is 0 Å². The van der Waals surface area contributed by atoms with Gasteiger partial charge in [0.15, 0.2) is 5.54 Å². The maximum Gasteiger partial charge on any atom is 0.335 e. The molecule has 2 unspecified atom stereocenters. The highest BCUT2D eigenvalue weighted by Crippen LogP contribution is 2.27. The number of urea groups is 1. The molecule has 1 heterocycles. The van der Waals surface area contributed by atoms with Gasteiger partial charge in [-0.2, -0.15) is 0 Å². The number of benzene rings is 1. The lowest BCUT2D eigenvalue weighted by molar-refractivity contribution is -0.160. The largest absolute Gasteiger partial charge is 0.464 e. The van der Waals surface area contributed by atoms with E-state index in [-0.39, 0.29) is 13.0 Å². The number of carbonyl (C=O) groups excluding carboxylic acids is 3. The summed E-state index contributed by atoms with van der Waals surface area (Å²) >= 11 is 0. The molecule has 172 valence electrons. The van der Waals surface area contributed by atoms with Gasteiger partial charge in [-0.1, -0.05) is 30.3 Å². The number of nitrogens with zero attached hydrogens (tertiary/aromatic N) is 2. The third kappa shape index (κ3) is 6.19. The van der Waals surface area contributed by atoms with Gasteiger partial charge >= 0.3 is 18.0 Å². The fourth-order valence-corrected chi connectivity index (χ4v) is 3.60. The lowest BCUT2D eigenvalue weighted by Crippen LogP contribution is -2.63. The summed E-state index contributed by atoms with van der Waals surface area (Å²) in [4.78, 5) is 40.2. The van der Waals surface area contributed by atoms with E-state index in [1.807, 2.05) is 30.3 Å². The molecule has 31 heavy (non-hydrogen) atoms. The minimum absolute atomic E-state index is 0.173. The van der Waals surface area contributed by atoms with Crippen LogP contribution >= 0.6 is 0 Å². The zero-order chi connectivity index (χ0) is 23.2. The number of rotatable bonds is 7. The Morgan fingerprint density at radius 2 is 1.81 bits per heavy atom. The molecule has 1 aliphatic rings. The molecule has 1 aromatic rings. The van der Waals surface area contributed by atoms with Crippen LogP contribution in [0.5, 0.6) is 0 Å². The SMILES string of the molecule is CCOC(=O)C(C)(CCc1ccccc1)N(N)C(=O)N1CCCC1C(=O)OC(C)(C)C. The van der Waals surface area contributed by atoms with E-state index in [2.05, 4.69) is 0 Å². The quantitative estimate of drug-likeness (QED) is 0.307. The molecule has 2 rings (SSSR count). The predicted octanol–water partition coefficient (Wildman–Crippen LogP) is 3.04. The minimum atomic E-state index is -1.38.